The van der Waals surface area contributed by atoms with E-state index in [-0.39, 0.29) is 0 Å². The lowest BCUT2D eigenvalue weighted by molar-refractivity contribution is 0.625. The van der Waals surface area contributed by atoms with Crippen molar-refractivity contribution in [2.24, 2.45) is 0 Å². The van der Waals surface area contributed by atoms with Gasteiger partial charge in [-0.05, 0) is 13.0 Å². The zero-order valence-electron chi connectivity index (χ0n) is 4.35. The van der Waals surface area contributed by atoms with Crippen LogP contribution in [0.1, 0.15) is 6.42 Å². The first-order valence-corrected chi connectivity index (χ1v) is 2.60. The number of hydrogen-bond donors (Lipinski definition) is 1. The van der Waals surface area contributed by atoms with E-state index in [1.807, 2.05) is 0 Å². The van der Waals surface area contributed by atoms with E-state index in [4.69, 9.17) is 0 Å². The molecule has 0 bridgehead atoms. The van der Waals surface area contributed by atoms with Gasteiger partial charge < -0.3 is 10.6 Å². The third-order valence-electron chi connectivity index (χ3n) is 1.29. The van der Waals surface area contributed by atoms with Crippen LogP contribution in [0.15, 0.2) is 0 Å². The van der Waals surface area contributed by atoms with E-state index in [1.54, 1.807) is 0 Å². The molecule has 1 fully saturated rings. The molecule has 0 amide bonds. The summed E-state index contributed by atoms with van der Waals surface area (Å²) >= 11 is 0. The summed E-state index contributed by atoms with van der Waals surface area (Å²) in [6.45, 7) is 2.15. The summed E-state index contributed by atoms with van der Waals surface area (Å²) in [6.07, 6.45) is 1.17. The minimum atomic E-state index is 0.500. The predicted molar refractivity (Wildman–Crippen MR) is 28.8 cm³/mol. The lowest BCUT2D eigenvalue weighted by Crippen LogP contribution is -2.19. The first kappa shape index (κ1) is 5.06. The molecule has 7 heavy (non-hydrogen) atoms. The Morgan fingerprint density at radius 3 is 2.86 bits per heavy atom. The number of nitrogens with zero attached hydrogens (tertiary/aromatic N) is 1. The zero-order valence-corrected chi connectivity index (χ0v) is 4.35. The second kappa shape index (κ2) is 2.28. The van der Waals surface area contributed by atoms with Gasteiger partial charge >= 0.3 is 0 Å². The van der Waals surface area contributed by atoms with Gasteiger partial charge in [0.2, 0.25) is 0 Å². The average Bonchev–Trinajstić information content (AvgIpc) is 2.14. The van der Waals surface area contributed by atoms with E-state index < -0.39 is 0 Å². The maximum atomic E-state index is 3.88. The van der Waals surface area contributed by atoms with Crippen LogP contribution < -0.4 is 10.6 Å². The molecule has 1 rings (SSSR count). The van der Waals surface area contributed by atoms with Crippen LogP contribution in [0.25, 0.3) is 0 Å². The summed E-state index contributed by atoms with van der Waals surface area (Å²) < 4.78 is 0. The highest BCUT2D eigenvalue weighted by Gasteiger charge is 2.08. The van der Waals surface area contributed by atoms with E-state index in [0.717, 1.165) is 13.1 Å². The minimum absolute atomic E-state index is 0.500. The summed E-state index contributed by atoms with van der Waals surface area (Å²) in [4.78, 5) is 0. The SMILES string of the molecule is [CH2-][N][C@@H]1CCNC1. The Balaban J connectivity index is 2.14. The van der Waals surface area contributed by atoms with Crippen molar-refractivity contribution in [1.82, 2.24) is 10.6 Å². The van der Waals surface area contributed by atoms with Gasteiger partial charge in [0.05, 0.1) is 0 Å². The fraction of sp³-hybridized carbons (Fsp3) is 0.800. The van der Waals surface area contributed by atoms with Crippen LogP contribution in [0.4, 0.5) is 0 Å². The molecule has 1 saturated heterocycles. The molecule has 0 aliphatic carbocycles. The monoisotopic (exact) mass is 98.1 g/mol. The first-order valence-electron chi connectivity index (χ1n) is 2.60. The average molecular weight is 98.1 g/mol. The predicted octanol–water partition coefficient (Wildman–Crippen LogP) is -0.256. The van der Waals surface area contributed by atoms with E-state index in [0.29, 0.717) is 6.04 Å². The van der Waals surface area contributed by atoms with Gasteiger partial charge in [0.1, 0.15) is 0 Å². The van der Waals surface area contributed by atoms with Gasteiger partial charge in [-0.1, -0.05) is 0 Å². The summed E-state index contributed by atoms with van der Waals surface area (Å²) in [6, 6.07) is 0.500. The van der Waals surface area contributed by atoms with Crippen LogP contribution in [0.2, 0.25) is 0 Å². The maximum Gasteiger partial charge on any atom is 0.00945 e. The zero-order chi connectivity index (χ0) is 5.11. The number of hydrogen-bond acceptors (Lipinski definition) is 1. The summed E-state index contributed by atoms with van der Waals surface area (Å²) in [5.41, 5.74) is 0. The highest BCUT2D eigenvalue weighted by atomic mass is 15.0. The van der Waals surface area contributed by atoms with Crippen molar-refractivity contribution < 1.29 is 0 Å². The number of nitrogens with one attached hydrogen (secondary N) is 1. The molecule has 41 valence electrons. The fourth-order valence-corrected chi connectivity index (χ4v) is 0.795. The Bertz CT molecular complexity index is 48.0. The Kier molecular flexibility index (Phi) is 1.65. The van der Waals surface area contributed by atoms with Gasteiger partial charge in [-0.2, -0.15) is 0 Å². The van der Waals surface area contributed by atoms with Crippen LogP contribution in [0, 0.1) is 7.05 Å². The third kappa shape index (κ3) is 1.14. The van der Waals surface area contributed by atoms with Crippen molar-refractivity contribution in [2.45, 2.75) is 12.5 Å². The summed E-state index contributed by atoms with van der Waals surface area (Å²) in [5, 5.41) is 7.06. The van der Waals surface area contributed by atoms with Crippen LogP contribution in [0.5, 0.6) is 0 Å². The third-order valence-corrected chi connectivity index (χ3v) is 1.29. The van der Waals surface area contributed by atoms with E-state index in [1.165, 1.54) is 6.42 Å². The van der Waals surface area contributed by atoms with Crippen LogP contribution in [-0.4, -0.2) is 19.1 Å². The minimum Gasteiger partial charge on any atom is -0.420 e. The van der Waals surface area contributed by atoms with Crippen molar-refractivity contribution in [3.63, 3.8) is 0 Å². The highest BCUT2D eigenvalue weighted by molar-refractivity contribution is 4.75. The van der Waals surface area contributed by atoms with Gasteiger partial charge in [0, 0.05) is 12.6 Å². The Morgan fingerprint density at radius 2 is 2.57 bits per heavy atom. The van der Waals surface area contributed by atoms with Gasteiger partial charge in [-0.3, -0.25) is 7.05 Å². The second-order valence-corrected chi connectivity index (χ2v) is 1.83. The van der Waals surface area contributed by atoms with Crippen molar-refractivity contribution in [3.05, 3.63) is 7.05 Å². The van der Waals surface area contributed by atoms with Crippen molar-refractivity contribution >= 4 is 0 Å². The van der Waals surface area contributed by atoms with Crippen LogP contribution >= 0.6 is 0 Å². The van der Waals surface area contributed by atoms with E-state index in [2.05, 4.69) is 17.7 Å². The number of rotatable bonds is 1. The lowest BCUT2D eigenvalue weighted by Gasteiger charge is -2.07. The van der Waals surface area contributed by atoms with Crippen molar-refractivity contribution in [3.8, 4) is 0 Å². The van der Waals surface area contributed by atoms with Crippen LogP contribution in [0.3, 0.4) is 0 Å². The molecule has 0 spiro atoms. The first-order chi connectivity index (χ1) is 3.43. The van der Waals surface area contributed by atoms with Gasteiger partial charge in [-0.15, -0.1) is 0 Å². The molecule has 1 atom stereocenters. The van der Waals surface area contributed by atoms with Gasteiger partial charge in [0.15, 0.2) is 0 Å². The maximum absolute atomic E-state index is 3.88. The molecule has 2 nitrogen and oxygen atoms in total. The Hall–Kier alpha value is -0.0800. The molecular weight excluding hydrogens is 88.1 g/mol. The smallest absolute Gasteiger partial charge is 0.00945 e. The van der Waals surface area contributed by atoms with Gasteiger partial charge in [-0.25, -0.2) is 0 Å². The topological polar surface area (TPSA) is 26.1 Å². The molecular formula is C5H10N2-. The van der Waals surface area contributed by atoms with Crippen LogP contribution in [-0.2, 0) is 0 Å². The molecule has 1 heterocycles. The Labute approximate surface area is 44.3 Å². The highest BCUT2D eigenvalue weighted by Crippen LogP contribution is 1.95. The molecule has 0 saturated carbocycles. The summed E-state index contributed by atoms with van der Waals surface area (Å²) in [7, 11) is 3.45. The van der Waals surface area contributed by atoms with E-state index >= 15 is 0 Å². The van der Waals surface area contributed by atoms with Crippen molar-refractivity contribution in [2.75, 3.05) is 13.1 Å². The fourth-order valence-electron chi connectivity index (χ4n) is 0.795. The quantitative estimate of drug-likeness (QED) is 0.449. The molecule has 0 aromatic heterocycles. The molecule has 1 aliphatic rings. The molecule has 1 N–H and O–H groups in total. The Morgan fingerprint density at radius 1 is 1.71 bits per heavy atom. The molecule has 1 aliphatic heterocycles. The van der Waals surface area contributed by atoms with Gasteiger partial charge in [0.25, 0.3) is 0 Å². The molecule has 0 unspecified atom stereocenters. The molecule has 1 radical (unpaired) electrons. The van der Waals surface area contributed by atoms with Crippen molar-refractivity contribution in [1.29, 1.82) is 0 Å². The second-order valence-electron chi connectivity index (χ2n) is 1.83. The summed E-state index contributed by atoms with van der Waals surface area (Å²) in [5.74, 6) is 0. The molecule has 2 heteroatoms. The lowest BCUT2D eigenvalue weighted by atomic mass is 10.3. The normalized spacial score (nSPS) is 31.3. The molecule has 0 aromatic rings. The van der Waals surface area contributed by atoms with E-state index in [9.17, 15) is 0 Å². The largest absolute Gasteiger partial charge is 0.420 e. The molecule has 0 aromatic carbocycles. The standard InChI is InChI=1S/C5H10N2/c1-6-5-2-3-7-4-5/h5,7H,1-4H2/q-1/t5-/m1/s1.